The normalized spacial score (nSPS) is 43.2. The summed E-state index contributed by atoms with van der Waals surface area (Å²) < 4.78 is 5.98. The minimum Gasteiger partial charge on any atom is -0.376 e. The Morgan fingerprint density at radius 2 is 2.00 bits per heavy atom. The molecule has 2 saturated carbocycles. The van der Waals surface area contributed by atoms with Crippen molar-refractivity contribution < 1.29 is 9.53 Å². The molecule has 0 aromatic heterocycles. The molecule has 3 saturated heterocycles. The molecule has 8 atom stereocenters. The minimum atomic E-state index is 0.128. The third-order valence-corrected chi connectivity index (χ3v) is 8.56. The molecule has 182 valence electrons. The van der Waals surface area contributed by atoms with E-state index in [0.29, 0.717) is 36.9 Å². The largest absolute Gasteiger partial charge is 0.376 e. The molecule has 0 aromatic carbocycles. The Labute approximate surface area is 192 Å². The van der Waals surface area contributed by atoms with Crippen LogP contribution in [0.3, 0.4) is 0 Å². The van der Waals surface area contributed by atoms with Crippen molar-refractivity contribution in [1.82, 2.24) is 37.0 Å². The van der Waals surface area contributed by atoms with Crippen molar-refractivity contribution in [2.45, 2.75) is 94.3 Å². The van der Waals surface area contributed by atoms with Gasteiger partial charge < -0.3 is 20.7 Å². The van der Waals surface area contributed by atoms with E-state index in [9.17, 15) is 4.79 Å². The number of hydrogen-bond acceptors (Lipinski definition) is 8. The highest BCUT2D eigenvalue weighted by molar-refractivity contribution is 5.79. The van der Waals surface area contributed by atoms with Crippen LogP contribution in [0.15, 0.2) is 0 Å². The van der Waals surface area contributed by atoms with Crippen molar-refractivity contribution in [2.75, 3.05) is 33.4 Å². The molecule has 0 radical (unpaired) electrons. The molecular weight excluding hydrogens is 406 g/mol. The highest BCUT2D eigenvalue weighted by Gasteiger charge is 2.41. The van der Waals surface area contributed by atoms with E-state index in [0.717, 1.165) is 51.9 Å². The van der Waals surface area contributed by atoms with E-state index >= 15 is 0 Å². The molecular formula is C23H43N7O2. The maximum absolute atomic E-state index is 13.1. The molecule has 5 fully saturated rings. The number of carbonyl (C=O) groups is 1. The summed E-state index contributed by atoms with van der Waals surface area (Å²) in [5, 5.41) is 14.0. The summed E-state index contributed by atoms with van der Waals surface area (Å²) in [5.74, 6) is 0.915. The summed E-state index contributed by atoms with van der Waals surface area (Å²) in [4.78, 5) is 15.5. The average molecular weight is 450 g/mol. The van der Waals surface area contributed by atoms with E-state index in [1.807, 2.05) is 0 Å². The van der Waals surface area contributed by atoms with E-state index in [1.54, 1.807) is 0 Å². The zero-order valence-electron chi connectivity index (χ0n) is 19.6. The van der Waals surface area contributed by atoms with Crippen LogP contribution in [0.5, 0.6) is 0 Å². The first-order valence-electron chi connectivity index (χ1n) is 13.0. The molecule has 9 nitrogen and oxygen atoms in total. The van der Waals surface area contributed by atoms with Crippen LogP contribution in [0.4, 0.5) is 0 Å². The standard InChI is InChI=1S/C23H43N7O2/c1-30-21(28-29-22(30)18-9-10-24-14-26-18)12-25-16-6-4-5-15(11-16)23(31)27-19-13-32-20-8-3-2-7-17(19)20/h15-22,24-26,28-29H,2-14H2,1H3,(H,27,31)/t15?,16?,17?,18?,19-,20?,21?,22?/m0/s1. The topological polar surface area (TPSA) is 102 Å². The SMILES string of the molecule is CN1C(CNC2CCCC(C(=O)N[C@H]3COC4CCCCC43)C2)NNC1C1CCNCN1. The van der Waals surface area contributed by atoms with Gasteiger partial charge in [0, 0.05) is 37.1 Å². The van der Waals surface area contributed by atoms with Crippen LogP contribution in [0.1, 0.15) is 57.8 Å². The lowest BCUT2D eigenvalue weighted by Crippen LogP contribution is -2.58. The molecule has 32 heavy (non-hydrogen) atoms. The second-order valence-electron chi connectivity index (χ2n) is 10.6. The Balaban J connectivity index is 1.06. The van der Waals surface area contributed by atoms with Gasteiger partial charge in [-0.25, -0.2) is 10.9 Å². The van der Waals surface area contributed by atoms with Crippen LogP contribution in [0.2, 0.25) is 0 Å². The Morgan fingerprint density at radius 1 is 1.09 bits per heavy atom. The number of nitrogens with zero attached hydrogens (tertiary/aromatic N) is 1. The van der Waals surface area contributed by atoms with E-state index < -0.39 is 0 Å². The highest BCUT2D eigenvalue weighted by atomic mass is 16.5. The summed E-state index contributed by atoms with van der Waals surface area (Å²) >= 11 is 0. The van der Waals surface area contributed by atoms with E-state index in [2.05, 4.69) is 44.1 Å². The maximum Gasteiger partial charge on any atom is 0.223 e. The fourth-order valence-corrected chi connectivity index (χ4v) is 6.56. The smallest absolute Gasteiger partial charge is 0.223 e. The molecule has 5 rings (SSSR count). The fourth-order valence-electron chi connectivity index (χ4n) is 6.56. The predicted octanol–water partition coefficient (Wildman–Crippen LogP) is -0.191. The van der Waals surface area contributed by atoms with Gasteiger partial charge in [-0.3, -0.25) is 15.0 Å². The van der Waals surface area contributed by atoms with Gasteiger partial charge in [-0.1, -0.05) is 19.3 Å². The predicted molar refractivity (Wildman–Crippen MR) is 123 cm³/mol. The molecule has 6 N–H and O–H groups in total. The first kappa shape index (κ1) is 23.0. The second-order valence-corrected chi connectivity index (χ2v) is 10.6. The molecule has 0 aromatic rings. The van der Waals surface area contributed by atoms with E-state index in [-0.39, 0.29) is 24.0 Å². The van der Waals surface area contributed by atoms with E-state index in [4.69, 9.17) is 4.74 Å². The number of hydrazine groups is 1. The number of hydrogen-bond donors (Lipinski definition) is 6. The molecule has 2 aliphatic carbocycles. The van der Waals surface area contributed by atoms with Gasteiger partial charge in [-0.2, -0.15) is 0 Å². The van der Waals surface area contributed by atoms with Gasteiger partial charge in [0.25, 0.3) is 0 Å². The van der Waals surface area contributed by atoms with Gasteiger partial charge in [0.1, 0.15) is 0 Å². The summed E-state index contributed by atoms with van der Waals surface area (Å²) in [6, 6.07) is 1.09. The van der Waals surface area contributed by atoms with Crippen LogP contribution >= 0.6 is 0 Å². The van der Waals surface area contributed by atoms with Crippen molar-refractivity contribution in [1.29, 1.82) is 0 Å². The first-order chi connectivity index (χ1) is 15.7. The van der Waals surface area contributed by atoms with Crippen LogP contribution in [-0.4, -0.2) is 80.8 Å². The van der Waals surface area contributed by atoms with Crippen LogP contribution in [-0.2, 0) is 9.53 Å². The van der Waals surface area contributed by atoms with Crippen molar-refractivity contribution in [3.63, 3.8) is 0 Å². The number of fused-ring (bicyclic) bond motifs is 1. The number of ether oxygens (including phenoxy) is 1. The third-order valence-electron chi connectivity index (χ3n) is 8.56. The van der Waals surface area contributed by atoms with Gasteiger partial charge in [0.05, 0.1) is 31.1 Å². The molecule has 0 spiro atoms. The number of rotatable bonds is 6. The lowest BCUT2D eigenvalue weighted by Gasteiger charge is -2.35. The average Bonchev–Trinajstić information content (AvgIpc) is 3.42. The minimum absolute atomic E-state index is 0.128. The van der Waals surface area contributed by atoms with Crippen LogP contribution in [0.25, 0.3) is 0 Å². The van der Waals surface area contributed by atoms with Gasteiger partial charge in [0.2, 0.25) is 5.91 Å². The molecule has 3 aliphatic heterocycles. The lowest BCUT2D eigenvalue weighted by atomic mass is 9.82. The monoisotopic (exact) mass is 449 g/mol. The Hall–Kier alpha value is -0.810. The Kier molecular flexibility index (Phi) is 7.63. The molecule has 1 amide bonds. The Morgan fingerprint density at radius 3 is 2.88 bits per heavy atom. The molecule has 0 bridgehead atoms. The third kappa shape index (κ3) is 5.14. The maximum atomic E-state index is 13.1. The summed E-state index contributed by atoms with van der Waals surface area (Å²) in [5.41, 5.74) is 6.94. The van der Waals surface area contributed by atoms with E-state index in [1.165, 1.54) is 25.7 Å². The fraction of sp³-hybridized carbons (Fsp3) is 0.957. The Bertz CT molecular complexity index is 631. The zero-order valence-corrected chi connectivity index (χ0v) is 19.6. The first-order valence-corrected chi connectivity index (χ1v) is 13.0. The molecule has 5 aliphatic rings. The van der Waals surface area contributed by atoms with Crippen molar-refractivity contribution in [3.8, 4) is 0 Å². The number of carbonyl (C=O) groups excluding carboxylic acids is 1. The highest BCUT2D eigenvalue weighted by Crippen LogP contribution is 2.35. The van der Waals surface area contributed by atoms with Gasteiger partial charge in [-0.05, 0) is 52.1 Å². The van der Waals surface area contributed by atoms with Crippen molar-refractivity contribution >= 4 is 5.91 Å². The number of likely N-dealkylation sites (N-methyl/N-ethyl adjacent to an activating group) is 1. The van der Waals surface area contributed by atoms with Gasteiger partial charge in [0.15, 0.2) is 0 Å². The lowest BCUT2D eigenvalue weighted by molar-refractivity contribution is -0.127. The molecule has 9 heteroatoms. The van der Waals surface area contributed by atoms with Crippen LogP contribution < -0.4 is 32.1 Å². The molecule has 3 heterocycles. The quantitative estimate of drug-likeness (QED) is 0.332. The van der Waals surface area contributed by atoms with Gasteiger partial charge >= 0.3 is 0 Å². The second kappa shape index (κ2) is 10.6. The number of amides is 1. The van der Waals surface area contributed by atoms with Crippen LogP contribution in [0, 0.1) is 11.8 Å². The van der Waals surface area contributed by atoms with Crippen molar-refractivity contribution in [2.24, 2.45) is 11.8 Å². The zero-order chi connectivity index (χ0) is 21.9. The van der Waals surface area contributed by atoms with Gasteiger partial charge in [-0.15, -0.1) is 0 Å². The van der Waals surface area contributed by atoms with Crippen molar-refractivity contribution in [3.05, 3.63) is 0 Å². The number of nitrogens with one attached hydrogen (secondary N) is 6. The summed E-state index contributed by atoms with van der Waals surface area (Å²) in [6.07, 6.45) is 11.2. The summed E-state index contributed by atoms with van der Waals surface area (Å²) in [6.45, 7) is 3.52. The summed E-state index contributed by atoms with van der Waals surface area (Å²) in [7, 11) is 2.19. The molecule has 7 unspecified atom stereocenters.